The van der Waals surface area contributed by atoms with Crippen LogP contribution >= 0.6 is 0 Å². The second-order valence-electron chi connectivity index (χ2n) is 4.75. The van der Waals surface area contributed by atoms with E-state index in [0.29, 0.717) is 38.0 Å². The second-order valence-corrected chi connectivity index (χ2v) is 4.75. The van der Waals surface area contributed by atoms with Crippen molar-refractivity contribution in [1.82, 2.24) is 15.0 Å². The van der Waals surface area contributed by atoms with Crippen molar-refractivity contribution in [2.24, 2.45) is 0 Å². The van der Waals surface area contributed by atoms with E-state index in [-0.39, 0.29) is 18.1 Å². The van der Waals surface area contributed by atoms with Crippen LogP contribution in [-0.4, -0.2) is 59.8 Å². The molecule has 0 unspecified atom stereocenters. The van der Waals surface area contributed by atoms with Gasteiger partial charge in [0.1, 0.15) is 0 Å². The molecule has 0 bridgehead atoms. The summed E-state index contributed by atoms with van der Waals surface area (Å²) in [5.74, 6) is 1.25. The van der Waals surface area contributed by atoms with Crippen molar-refractivity contribution in [3.8, 4) is 0 Å². The lowest BCUT2D eigenvalue weighted by molar-refractivity contribution is -0.130. The molecule has 18 heavy (non-hydrogen) atoms. The zero-order chi connectivity index (χ0) is 12.7. The highest BCUT2D eigenvalue weighted by Gasteiger charge is 2.41. The van der Waals surface area contributed by atoms with Crippen molar-refractivity contribution in [3.05, 3.63) is 5.89 Å². The second kappa shape index (κ2) is 4.24. The molecule has 3 heterocycles. The predicted octanol–water partition coefficient (Wildman–Crippen LogP) is -0.186. The summed E-state index contributed by atoms with van der Waals surface area (Å²) in [7, 11) is 1.83. The molecule has 2 aliphatic heterocycles. The van der Waals surface area contributed by atoms with E-state index < -0.39 is 0 Å². The van der Waals surface area contributed by atoms with Crippen LogP contribution in [0.2, 0.25) is 0 Å². The van der Waals surface area contributed by atoms with Crippen molar-refractivity contribution >= 4 is 11.9 Å². The Balaban J connectivity index is 1.79. The maximum atomic E-state index is 11.8. The number of hydrogen-bond acceptors (Lipinski definition) is 6. The van der Waals surface area contributed by atoms with Gasteiger partial charge in [-0.2, -0.15) is 4.98 Å². The van der Waals surface area contributed by atoms with Crippen molar-refractivity contribution in [2.75, 3.05) is 31.6 Å². The first kappa shape index (κ1) is 11.5. The van der Waals surface area contributed by atoms with E-state index in [9.17, 15) is 4.79 Å². The number of carbonyl (C=O) groups excluding carboxylic acids is 1. The van der Waals surface area contributed by atoms with Gasteiger partial charge in [-0.25, -0.2) is 0 Å². The number of hydrogen-bond donors (Lipinski definition) is 0. The van der Waals surface area contributed by atoms with Crippen LogP contribution in [-0.2, 0) is 9.53 Å². The summed E-state index contributed by atoms with van der Waals surface area (Å²) in [6.07, 6.45) is 0.491. The number of rotatable bonds is 1. The van der Waals surface area contributed by atoms with Crippen LogP contribution in [0.1, 0.15) is 12.3 Å². The van der Waals surface area contributed by atoms with E-state index in [4.69, 9.17) is 9.26 Å². The number of ether oxygens (including phenoxy) is 1. The van der Waals surface area contributed by atoms with Gasteiger partial charge in [-0.3, -0.25) is 4.79 Å². The summed E-state index contributed by atoms with van der Waals surface area (Å²) >= 11 is 0. The van der Waals surface area contributed by atoms with E-state index in [0.717, 1.165) is 0 Å². The number of anilines is 1. The maximum absolute atomic E-state index is 11.8. The Labute approximate surface area is 105 Å². The molecule has 0 saturated carbocycles. The third-order valence-corrected chi connectivity index (χ3v) is 3.58. The number of fused-ring (bicyclic) bond motifs is 1. The Morgan fingerprint density at radius 1 is 1.39 bits per heavy atom. The lowest BCUT2D eigenvalue weighted by Gasteiger charge is -2.24. The minimum atomic E-state index is 0.0280. The van der Waals surface area contributed by atoms with Crippen LogP contribution in [0.3, 0.4) is 0 Å². The summed E-state index contributed by atoms with van der Waals surface area (Å²) in [5.41, 5.74) is 0. The molecule has 2 fully saturated rings. The van der Waals surface area contributed by atoms with Crippen LogP contribution in [0.5, 0.6) is 0 Å². The van der Waals surface area contributed by atoms with E-state index in [1.807, 2.05) is 11.9 Å². The molecule has 2 aliphatic rings. The molecule has 1 aromatic rings. The zero-order valence-electron chi connectivity index (χ0n) is 10.5. The molecule has 0 aromatic carbocycles. The molecule has 7 heteroatoms. The number of likely N-dealkylation sites (N-methyl/N-ethyl adjacent to an activating group) is 1. The molecule has 1 amide bonds. The van der Waals surface area contributed by atoms with Gasteiger partial charge < -0.3 is 19.1 Å². The first-order chi connectivity index (χ1) is 8.65. The average molecular weight is 252 g/mol. The topological polar surface area (TPSA) is 71.7 Å². The van der Waals surface area contributed by atoms with Gasteiger partial charge in [0.05, 0.1) is 25.2 Å². The number of nitrogens with zero attached hydrogens (tertiary/aromatic N) is 4. The first-order valence-electron chi connectivity index (χ1n) is 6.07. The molecule has 0 N–H and O–H groups in total. The number of amides is 1. The van der Waals surface area contributed by atoms with Crippen molar-refractivity contribution in [2.45, 2.75) is 25.5 Å². The van der Waals surface area contributed by atoms with Crippen LogP contribution in [0.15, 0.2) is 4.52 Å². The minimum Gasteiger partial charge on any atom is -0.374 e. The monoisotopic (exact) mass is 252 g/mol. The van der Waals surface area contributed by atoms with Crippen LogP contribution in [0.25, 0.3) is 0 Å². The fourth-order valence-corrected chi connectivity index (χ4v) is 2.53. The number of carbonyl (C=O) groups is 1. The Morgan fingerprint density at radius 3 is 2.94 bits per heavy atom. The van der Waals surface area contributed by atoms with Gasteiger partial charge in [-0.1, -0.05) is 0 Å². The van der Waals surface area contributed by atoms with Crippen molar-refractivity contribution < 1.29 is 14.1 Å². The molecule has 2 saturated heterocycles. The van der Waals surface area contributed by atoms with Crippen LogP contribution < -0.4 is 4.90 Å². The van der Waals surface area contributed by atoms with Crippen LogP contribution in [0.4, 0.5) is 5.95 Å². The molecule has 0 aliphatic carbocycles. The number of aryl methyl sites for hydroxylation is 1. The highest BCUT2D eigenvalue weighted by atomic mass is 16.5. The molecule has 3 rings (SSSR count). The summed E-state index contributed by atoms with van der Waals surface area (Å²) < 4.78 is 10.7. The molecule has 0 spiro atoms. The highest BCUT2D eigenvalue weighted by Crippen LogP contribution is 2.24. The van der Waals surface area contributed by atoms with E-state index in [2.05, 4.69) is 10.1 Å². The summed E-state index contributed by atoms with van der Waals surface area (Å²) in [6, 6.07) is 0.0683. The lowest BCUT2D eigenvalue weighted by Crippen LogP contribution is -2.42. The van der Waals surface area contributed by atoms with Gasteiger partial charge in [-0.15, -0.1) is 0 Å². The summed E-state index contributed by atoms with van der Waals surface area (Å²) in [4.78, 5) is 19.8. The minimum absolute atomic E-state index is 0.0280. The number of aromatic nitrogens is 2. The van der Waals surface area contributed by atoms with Gasteiger partial charge >= 0.3 is 0 Å². The summed E-state index contributed by atoms with van der Waals surface area (Å²) in [5, 5.41) is 3.90. The van der Waals surface area contributed by atoms with Gasteiger partial charge in [0, 0.05) is 27.1 Å². The van der Waals surface area contributed by atoms with Crippen molar-refractivity contribution in [3.63, 3.8) is 0 Å². The van der Waals surface area contributed by atoms with E-state index in [1.165, 1.54) is 0 Å². The van der Waals surface area contributed by atoms with Crippen molar-refractivity contribution in [1.29, 1.82) is 0 Å². The molecular weight excluding hydrogens is 236 g/mol. The van der Waals surface area contributed by atoms with E-state index >= 15 is 0 Å². The van der Waals surface area contributed by atoms with Gasteiger partial charge in [0.2, 0.25) is 11.8 Å². The smallest absolute Gasteiger partial charge is 0.266 e. The summed E-state index contributed by atoms with van der Waals surface area (Å²) in [6.45, 7) is 3.63. The molecule has 1 aromatic heterocycles. The Morgan fingerprint density at radius 2 is 2.22 bits per heavy atom. The standard InChI is InChI=1S/C11H16N4O3/c1-7-12-11(13-18-7)15-5-8-9(6-15)17-4-3-10(16)14(8)2/h8-9H,3-6H2,1-2H3/t8-,9-/m0/s1. The highest BCUT2D eigenvalue weighted by molar-refractivity contribution is 5.76. The fourth-order valence-electron chi connectivity index (χ4n) is 2.53. The normalized spacial score (nSPS) is 28.4. The predicted molar refractivity (Wildman–Crippen MR) is 62.2 cm³/mol. The molecule has 0 radical (unpaired) electrons. The maximum Gasteiger partial charge on any atom is 0.266 e. The SMILES string of the molecule is Cc1nc(N2C[C@@H]3OCCC(=O)N(C)[C@H]3C2)no1. The Bertz CT molecular complexity index is 461. The lowest BCUT2D eigenvalue weighted by atomic mass is 10.2. The average Bonchev–Trinajstić information content (AvgIpc) is 2.91. The Kier molecular flexibility index (Phi) is 2.70. The molecular formula is C11H16N4O3. The first-order valence-corrected chi connectivity index (χ1v) is 6.07. The van der Waals surface area contributed by atoms with Gasteiger partial charge in [0.15, 0.2) is 0 Å². The fraction of sp³-hybridized carbons (Fsp3) is 0.727. The largest absolute Gasteiger partial charge is 0.374 e. The van der Waals surface area contributed by atoms with Crippen LogP contribution in [0, 0.1) is 6.92 Å². The van der Waals surface area contributed by atoms with E-state index in [1.54, 1.807) is 11.8 Å². The molecule has 98 valence electrons. The third-order valence-electron chi connectivity index (χ3n) is 3.58. The molecule has 2 atom stereocenters. The third kappa shape index (κ3) is 1.84. The Hall–Kier alpha value is -1.63. The molecule has 7 nitrogen and oxygen atoms in total. The van der Waals surface area contributed by atoms with Gasteiger partial charge in [0.25, 0.3) is 5.95 Å². The van der Waals surface area contributed by atoms with Gasteiger partial charge in [-0.05, 0) is 5.16 Å². The zero-order valence-corrected chi connectivity index (χ0v) is 10.5. The quantitative estimate of drug-likeness (QED) is 0.690.